The molecule has 1 aliphatic rings. The van der Waals surface area contributed by atoms with Crippen LogP contribution in [0.2, 0.25) is 0 Å². The van der Waals surface area contributed by atoms with Gasteiger partial charge in [0.15, 0.2) is 0 Å². The SMILES string of the molecule is CCc1ccc(N(C(=O)CNC(=O)c2cccs2)[C@@H](C(=O)NC[C@H]2CCCO2)c2ccccc2)cc1. The van der Waals surface area contributed by atoms with Gasteiger partial charge in [-0.15, -0.1) is 11.3 Å². The second kappa shape index (κ2) is 12.5. The number of hydrogen-bond donors (Lipinski definition) is 2. The topological polar surface area (TPSA) is 87.7 Å². The summed E-state index contributed by atoms with van der Waals surface area (Å²) in [5, 5.41) is 7.51. The van der Waals surface area contributed by atoms with E-state index in [9.17, 15) is 14.4 Å². The van der Waals surface area contributed by atoms with Gasteiger partial charge in [0.2, 0.25) is 11.8 Å². The highest BCUT2D eigenvalue weighted by molar-refractivity contribution is 7.12. The van der Waals surface area contributed by atoms with E-state index in [0.717, 1.165) is 24.8 Å². The molecule has 36 heavy (non-hydrogen) atoms. The Morgan fingerprint density at radius 2 is 1.81 bits per heavy atom. The average molecular weight is 506 g/mol. The molecule has 1 saturated heterocycles. The van der Waals surface area contributed by atoms with Crippen LogP contribution in [0.1, 0.15) is 46.6 Å². The zero-order chi connectivity index (χ0) is 25.3. The summed E-state index contributed by atoms with van der Waals surface area (Å²) in [5.74, 6) is -1.00. The summed E-state index contributed by atoms with van der Waals surface area (Å²) in [7, 11) is 0. The molecule has 0 aliphatic carbocycles. The second-order valence-corrected chi connectivity index (χ2v) is 9.58. The zero-order valence-corrected chi connectivity index (χ0v) is 21.1. The molecule has 1 aliphatic heterocycles. The molecule has 188 valence electrons. The predicted octanol–water partition coefficient (Wildman–Crippen LogP) is 4.11. The molecular weight excluding hydrogens is 474 g/mol. The first kappa shape index (κ1) is 25.6. The molecule has 4 rings (SSSR count). The van der Waals surface area contributed by atoms with E-state index >= 15 is 0 Å². The highest BCUT2D eigenvalue weighted by atomic mass is 32.1. The van der Waals surface area contributed by atoms with E-state index in [1.165, 1.54) is 16.2 Å². The van der Waals surface area contributed by atoms with Gasteiger partial charge >= 0.3 is 0 Å². The van der Waals surface area contributed by atoms with Gasteiger partial charge in [-0.3, -0.25) is 19.3 Å². The first-order valence-corrected chi connectivity index (χ1v) is 13.1. The number of thiophene rings is 1. The maximum atomic E-state index is 13.7. The van der Waals surface area contributed by atoms with Crippen LogP contribution in [0.25, 0.3) is 0 Å². The third-order valence-electron chi connectivity index (χ3n) is 6.19. The lowest BCUT2D eigenvalue weighted by atomic mass is 10.0. The number of benzene rings is 2. The standard InChI is InChI=1S/C28H31N3O4S/c1-2-20-12-14-22(15-13-20)31(25(32)19-30-27(33)24-11-7-17-36-24)26(21-8-4-3-5-9-21)28(34)29-18-23-10-6-16-35-23/h3-5,7-9,11-15,17,23,26H,2,6,10,16,18-19H2,1H3,(H,29,34)(H,30,33)/t23-,26-/m1/s1. The molecule has 3 amide bonds. The molecule has 2 N–H and O–H groups in total. The number of amides is 3. The summed E-state index contributed by atoms with van der Waals surface area (Å²) >= 11 is 1.31. The Morgan fingerprint density at radius 1 is 1.03 bits per heavy atom. The van der Waals surface area contributed by atoms with Crippen LogP contribution in [0.4, 0.5) is 5.69 Å². The maximum Gasteiger partial charge on any atom is 0.261 e. The maximum absolute atomic E-state index is 13.7. The summed E-state index contributed by atoms with van der Waals surface area (Å²) in [6, 6.07) is 19.4. The lowest BCUT2D eigenvalue weighted by Crippen LogP contribution is -2.48. The van der Waals surface area contributed by atoms with Crippen molar-refractivity contribution in [3.63, 3.8) is 0 Å². The van der Waals surface area contributed by atoms with Crippen LogP contribution >= 0.6 is 11.3 Å². The van der Waals surface area contributed by atoms with Crippen molar-refractivity contribution in [2.45, 2.75) is 38.3 Å². The lowest BCUT2D eigenvalue weighted by molar-refractivity contribution is -0.126. The molecule has 0 spiro atoms. The Bertz CT molecular complexity index is 1140. The van der Waals surface area contributed by atoms with Gasteiger partial charge in [0, 0.05) is 18.8 Å². The van der Waals surface area contributed by atoms with Crippen LogP contribution in [0.5, 0.6) is 0 Å². The number of hydrogen-bond acceptors (Lipinski definition) is 5. The minimum absolute atomic E-state index is 0.0246. The number of ether oxygens (including phenoxy) is 1. The van der Waals surface area contributed by atoms with Crippen molar-refractivity contribution in [3.8, 4) is 0 Å². The Hall–Kier alpha value is -3.49. The van der Waals surface area contributed by atoms with Crippen molar-refractivity contribution in [1.29, 1.82) is 0 Å². The molecule has 0 saturated carbocycles. The second-order valence-electron chi connectivity index (χ2n) is 8.64. The third-order valence-corrected chi connectivity index (χ3v) is 7.06. The number of rotatable bonds is 10. The Balaban J connectivity index is 1.63. The van der Waals surface area contributed by atoms with Gasteiger partial charge in [-0.1, -0.05) is 55.5 Å². The number of nitrogens with zero attached hydrogens (tertiary/aromatic N) is 1. The molecule has 0 radical (unpaired) electrons. The summed E-state index contributed by atoms with van der Waals surface area (Å²) in [5.41, 5.74) is 2.39. The van der Waals surface area contributed by atoms with Gasteiger partial charge in [-0.2, -0.15) is 0 Å². The first-order valence-electron chi connectivity index (χ1n) is 12.2. The normalized spacial score (nSPS) is 15.8. The third kappa shape index (κ3) is 6.38. The van der Waals surface area contributed by atoms with Crippen molar-refractivity contribution in [2.24, 2.45) is 0 Å². The van der Waals surface area contributed by atoms with Gasteiger partial charge in [-0.25, -0.2) is 0 Å². The van der Waals surface area contributed by atoms with Crippen LogP contribution in [0.3, 0.4) is 0 Å². The van der Waals surface area contributed by atoms with E-state index in [1.54, 1.807) is 12.1 Å². The van der Waals surface area contributed by atoms with Crippen molar-refractivity contribution in [2.75, 3.05) is 24.6 Å². The molecule has 1 aromatic heterocycles. The lowest BCUT2D eigenvalue weighted by Gasteiger charge is -2.32. The first-order chi connectivity index (χ1) is 17.6. The minimum Gasteiger partial charge on any atom is -0.376 e. The highest BCUT2D eigenvalue weighted by Gasteiger charge is 2.33. The van der Waals surface area contributed by atoms with E-state index in [4.69, 9.17) is 4.74 Å². The molecule has 2 heterocycles. The predicted molar refractivity (Wildman–Crippen MR) is 141 cm³/mol. The molecule has 3 aromatic rings. The molecule has 1 fully saturated rings. The van der Waals surface area contributed by atoms with Crippen LogP contribution in [-0.4, -0.2) is 43.5 Å². The number of anilines is 1. The fourth-order valence-electron chi connectivity index (χ4n) is 4.23. The number of nitrogens with one attached hydrogen (secondary N) is 2. The fourth-order valence-corrected chi connectivity index (χ4v) is 4.87. The summed E-state index contributed by atoms with van der Waals surface area (Å²) in [6.45, 7) is 2.90. The largest absolute Gasteiger partial charge is 0.376 e. The van der Waals surface area contributed by atoms with Gasteiger partial charge in [0.1, 0.15) is 6.04 Å². The average Bonchev–Trinajstić information content (AvgIpc) is 3.64. The Labute approximate surface area is 215 Å². The van der Waals surface area contributed by atoms with Crippen LogP contribution in [0, 0.1) is 0 Å². The van der Waals surface area contributed by atoms with E-state index in [1.807, 2.05) is 60.0 Å². The van der Waals surface area contributed by atoms with Gasteiger partial charge in [0.05, 0.1) is 17.5 Å². The van der Waals surface area contributed by atoms with Gasteiger partial charge in [-0.05, 0) is 54.0 Å². The van der Waals surface area contributed by atoms with Gasteiger partial charge < -0.3 is 15.4 Å². The zero-order valence-electron chi connectivity index (χ0n) is 20.3. The number of carbonyl (C=O) groups is 3. The Kier molecular flexibility index (Phi) is 8.86. The van der Waals surface area contributed by atoms with E-state index < -0.39 is 6.04 Å². The molecule has 2 atom stereocenters. The van der Waals surface area contributed by atoms with Crippen molar-refractivity contribution in [1.82, 2.24) is 10.6 Å². The van der Waals surface area contributed by atoms with Gasteiger partial charge in [0.25, 0.3) is 5.91 Å². The van der Waals surface area contributed by atoms with Crippen LogP contribution in [0.15, 0.2) is 72.1 Å². The van der Waals surface area contributed by atoms with E-state index in [-0.39, 0.29) is 30.4 Å². The molecule has 0 bridgehead atoms. The summed E-state index contributed by atoms with van der Waals surface area (Å²) < 4.78 is 5.67. The quantitative estimate of drug-likeness (QED) is 0.434. The molecule has 8 heteroatoms. The fraction of sp³-hybridized carbons (Fsp3) is 0.321. The van der Waals surface area contributed by atoms with Crippen molar-refractivity contribution in [3.05, 3.63) is 88.1 Å². The molecule has 2 aromatic carbocycles. The van der Waals surface area contributed by atoms with Crippen molar-refractivity contribution >= 4 is 34.7 Å². The number of aryl methyl sites for hydroxylation is 1. The molecule has 0 unspecified atom stereocenters. The van der Waals surface area contributed by atoms with E-state index in [2.05, 4.69) is 17.6 Å². The minimum atomic E-state index is -0.911. The van der Waals surface area contributed by atoms with Crippen molar-refractivity contribution < 1.29 is 19.1 Å². The highest BCUT2D eigenvalue weighted by Crippen LogP contribution is 2.29. The smallest absolute Gasteiger partial charge is 0.261 e. The number of carbonyl (C=O) groups excluding carboxylic acids is 3. The molecule has 7 nitrogen and oxygen atoms in total. The Morgan fingerprint density at radius 3 is 2.44 bits per heavy atom. The van der Waals surface area contributed by atoms with Crippen LogP contribution in [-0.2, 0) is 20.7 Å². The van der Waals surface area contributed by atoms with E-state index in [0.29, 0.717) is 29.3 Å². The summed E-state index contributed by atoms with van der Waals surface area (Å²) in [6.07, 6.45) is 2.70. The molecular formula is C28H31N3O4S. The summed E-state index contributed by atoms with van der Waals surface area (Å²) in [4.78, 5) is 41.8. The monoisotopic (exact) mass is 505 g/mol. The van der Waals surface area contributed by atoms with Crippen LogP contribution < -0.4 is 15.5 Å².